The Labute approximate surface area is 510 Å². The summed E-state index contributed by atoms with van der Waals surface area (Å²) in [5.74, 6) is -8.73. The van der Waals surface area contributed by atoms with Crippen molar-refractivity contribution in [3.63, 3.8) is 0 Å². The molecule has 3 heterocycles. The Bertz CT molecular complexity index is 2420. The number of halogens is 3. The number of aliphatic carboxylic acids is 2. The summed E-state index contributed by atoms with van der Waals surface area (Å²) in [4.78, 5) is 135. The number of fused-ring (bicyclic) bond motifs is 3. The van der Waals surface area contributed by atoms with E-state index in [1.54, 1.807) is 6.92 Å². The van der Waals surface area contributed by atoms with Gasteiger partial charge in [-0.15, -0.1) is 23.2 Å². The van der Waals surface area contributed by atoms with Crippen molar-refractivity contribution in [1.82, 2.24) is 0 Å². The van der Waals surface area contributed by atoms with Crippen molar-refractivity contribution in [2.75, 3.05) is 39.7 Å². The number of methoxy groups -OCH3 is 3. The van der Waals surface area contributed by atoms with Crippen molar-refractivity contribution in [3.8, 4) is 0 Å². The van der Waals surface area contributed by atoms with Gasteiger partial charge in [-0.25, -0.2) is 9.59 Å². The van der Waals surface area contributed by atoms with Gasteiger partial charge >= 0.3 is 89.3 Å². The molecule has 9 fully saturated rings. The number of carbonyl (C=O) groups is 12. The van der Waals surface area contributed by atoms with E-state index in [0.717, 1.165) is 0 Å². The van der Waals surface area contributed by atoms with E-state index in [1.165, 1.54) is 35.2 Å². The standard InChI is InChI=1S/C18H22O8.C14H17ClO6.C10H12O5.C4H6Cl2O.2C4H6O2.Na/c1-8(2)16(20)24-6-4-5-11(19)25-14-9-7-10-13(12(9)17(21)23-3)18(22)26-15(10)14;1-19-13(17)9-6-5-7-10(9)14(18)21-12(7)11(6)20-8(16)3-2-4-15;1-14-9(12)5-3-2-4-6(5)10(13)15-8(4)7(3)11;5-3-1-2-4(6)7;2*1-3(2)4(5)6;/h9-10,12-15H,1,4-7H2,2-3H3;6-7,9-12H,2-5H2,1H3;3-8,11H,2H2,1H3;1-3H2;2*1H2,2H3,(H,5,6);/q;;;;;;+1/p-1. The summed E-state index contributed by atoms with van der Waals surface area (Å²) < 4.78 is 46.0. The minimum absolute atomic E-state index is 0. The van der Waals surface area contributed by atoms with Gasteiger partial charge in [-0.05, 0) is 76.5 Å². The number of hydrogen-bond donors (Lipinski definition) is 2. The monoisotopic (exact) mass is 1230 g/mol. The van der Waals surface area contributed by atoms with Crippen LogP contribution in [-0.4, -0.2) is 157 Å². The summed E-state index contributed by atoms with van der Waals surface area (Å²) in [6.45, 7) is 14.2. The fraction of sp³-hybridized carbons (Fsp3) is 0.667. The van der Waals surface area contributed by atoms with E-state index in [1.807, 2.05) is 0 Å². The number of hydrogen-bond acceptors (Lipinski definition) is 23. The van der Waals surface area contributed by atoms with Crippen LogP contribution in [0.4, 0.5) is 0 Å². The number of rotatable bonds is 18. The van der Waals surface area contributed by atoms with Crippen molar-refractivity contribution < 1.29 is 145 Å². The molecule has 82 heavy (non-hydrogen) atoms. The molecule has 3 aliphatic heterocycles. The second-order valence-electron chi connectivity index (χ2n) is 20.6. The topological polar surface area (TPSA) is 351 Å². The van der Waals surface area contributed by atoms with Crippen molar-refractivity contribution in [3.05, 3.63) is 36.5 Å². The molecule has 2 N–H and O–H groups in total. The number of ether oxygens (including phenoxy) is 9. The van der Waals surface area contributed by atoms with Gasteiger partial charge < -0.3 is 62.7 Å². The van der Waals surface area contributed by atoms with E-state index in [-0.39, 0.29) is 131 Å². The van der Waals surface area contributed by atoms with Gasteiger partial charge in [0.05, 0.1) is 75.5 Å². The number of carbonyl (C=O) groups excluding carboxylic acids is 11. The second kappa shape index (κ2) is 32.2. The average molecular weight is 1230 g/mol. The molecule has 24 nitrogen and oxygen atoms in total. The molecule has 450 valence electrons. The van der Waals surface area contributed by atoms with E-state index in [0.29, 0.717) is 62.3 Å². The number of carboxylic acids is 2. The molecule has 6 aliphatic carbocycles. The maximum atomic E-state index is 12.1. The van der Waals surface area contributed by atoms with Crippen LogP contribution in [0.15, 0.2) is 36.5 Å². The Morgan fingerprint density at radius 1 is 0.573 bits per heavy atom. The second-order valence-corrected chi connectivity index (χ2v) is 21.8. The Hall–Kier alpha value is -5.11. The maximum absolute atomic E-state index is 12.1. The summed E-state index contributed by atoms with van der Waals surface area (Å²) >= 11 is 15.7. The van der Waals surface area contributed by atoms with Crippen LogP contribution in [0.3, 0.4) is 0 Å². The van der Waals surface area contributed by atoms with E-state index in [4.69, 9.17) is 77.8 Å². The quantitative estimate of drug-likeness (QED) is 0.0339. The molecule has 0 aromatic heterocycles. The van der Waals surface area contributed by atoms with Crippen LogP contribution in [0.5, 0.6) is 0 Å². The number of alkyl halides is 2. The minimum atomic E-state index is -1.19. The molecular formula is C54H68Cl3NaO24. The zero-order chi connectivity index (χ0) is 60.9. The molecule has 3 saturated heterocycles. The zero-order valence-electron chi connectivity index (χ0n) is 46.5. The molecule has 0 aromatic rings. The molecule has 6 bridgehead atoms. The first-order chi connectivity index (χ1) is 38.1. The van der Waals surface area contributed by atoms with Gasteiger partial charge in [0.1, 0.15) is 30.5 Å². The van der Waals surface area contributed by atoms with Gasteiger partial charge in [-0.1, -0.05) is 19.7 Å². The Morgan fingerprint density at radius 3 is 1.24 bits per heavy atom. The Morgan fingerprint density at radius 2 is 0.915 bits per heavy atom. The smallest absolute Gasteiger partial charge is 0.545 e. The van der Waals surface area contributed by atoms with Crippen molar-refractivity contribution in [1.29, 1.82) is 0 Å². The predicted octanol–water partition coefficient (Wildman–Crippen LogP) is -0.262. The third-order valence-corrected chi connectivity index (χ3v) is 16.2. The van der Waals surface area contributed by atoms with Gasteiger partial charge in [-0.3, -0.25) is 43.2 Å². The predicted molar refractivity (Wildman–Crippen MR) is 275 cm³/mol. The maximum Gasteiger partial charge on any atom is 1.00 e. The molecule has 9 rings (SSSR count). The van der Waals surface area contributed by atoms with Gasteiger partial charge in [0.15, 0.2) is 0 Å². The minimum Gasteiger partial charge on any atom is -0.545 e. The number of aliphatic hydroxyl groups excluding tert-OH is 1. The summed E-state index contributed by atoms with van der Waals surface area (Å²) in [6, 6.07) is 0. The molecule has 6 saturated carbocycles. The van der Waals surface area contributed by atoms with Gasteiger partial charge in [0, 0.05) is 77.7 Å². The third-order valence-electron chi connectivity index (χ3n) is 15.5. The molecule has 28 heteroatoms. The summed E-state index contributed by atoms with van der Waals surface area (Å²) in [7, 11) is 3.88. The van der Waals surface area contributed by atoms with Crippen LogP contribution in [0, 0.1) is 71.0 Å². The fourth-order valence-electron chi connectivity index (χ4n) is 12.0. The average Bonchev–Trinajstić information content (AvgIpc) is 4.42. The van der Waals surface area contributed by atoms with Crippen molar-refractivity contribution in [2.45, 2.75) is 115 Å². The summed E-state index contributed by atoms with van der Waals surface area (Å²) in [5.41, 5.74) is 0.533. The van der Waals surface area contributed by atoms with Crippen molar-refractivity contribution in [2.24, 2.45) is 71.0 Å². The third kappa shape index (κ3) is 16.8. The fourth-order valence-corrected chi connectivity index (χ4v) is 12.4. The molecular weight excluding hydrogens is 1160 g/mol. The van der Waals surface area contributed by atoms with Crippen LogP contribution < -0.4 is 34.7 Å². The van der Waals surface area contributed by atoms with E-state index < -0.39 is 108 Å². The molecule has 0 aromatic carbocycles. The molecule has 18 atom stereocenters. The van der Waals surface area contributed by atoms with E-state index in [9.17, 15) is 67.7 Å². The molecule has 18 unspecified atom stereocenters. The van der Waals surface area contributed by atoms with E-state index in [2.05, 4.69) is 24.5 Å². The van der Waals surface area contributed by atoms with Crippen LogP contribution in [0.1, 0.15) is 78.6 Å². The SMILES string of the molecule is C=C(C)C(=O)O.C=C(C)C(=O)OCCCC(=O)OC1C2CC3C1OC(=O)C3C2C(=O)OC.C=C(C)C(=O)[O-].COC(=O)C1C2CC3C(OC(=O)C31)C2O.COC(=O)C1C2CC3C(OC(=O)C31)C2OC(=O)CCCCl.O=C(Cl)CCCCl.[Na+]. The van der Waals surface area contributed by atoms with Gasteiger partial charge in [0.25, 0.3) is 0 Å². The van der Waals surface area contributed by atoms with E-state index >= 15 is 0 Å². The van der Waals surface area contributed by atoms with Gasteiger partial charge in [0.2, 0.25) is 5.24 Å². The van der Waals surface area contributed by atoms with Crippen LogP contribution >= 0.6 is 34.8 Å². The summed E-state index contributed by atoms with van der Waals surface area (Å²) in [6.07, 6.45) is 1.05. The van der Waals surface area contributed by atoms with Crippen LogP contribution in [0.2, 0.25) is 0 Å². The first kappa shape index (κ1) is 71.2. The molecule has 0 amide bonds. The van der Waals surface area contributed by atoms with Gasteiger partial charge in [-0.2, -0.15) is 0 Å². The summed E-state index contributed by atoms with van der Waals surface area (Å²) in [5, 5.41) is 26.9. The molecule has 0 spiro atoms. The largest absolute Gasteiger partial charge is 1.00 e. The van der Waals surface area contributed by atoms with Crippen LogP contribution in [0.25, 0.3) is 0 Å². The Balaban J connectivity index is 0.000000282. The van der Waals surface area contributed by atoms with Crippen LogP contribution in [-0.2, 0) is 100 Å². The van der Waals surface area contributed by atoms with Crippen molar-refractivity contribution >= 4 is 106 Å². The first-order valence-electron chi connectivity index (χ1n) is 25.9. The zero-order valence-corrected chi connectivity index (χ0v) is 50.8. The Kier molecular flexibility index (Phi) is 28.0. The number of esters is 9. The number of aliphatic hydroxyl groups is 1. The molecule has 0 radical (unpaired) electrons. The normalized spacial score (nSPS) is 31.8. The first-order valence-corrected chi connectivity index (χ1v) is 27.4. The number of carboxylic acid groups (broad SMARTS) is 2. The molecule has 9 aliphatic rings.